The Hall–Kier alpha value is -1.09. The molecule has 0 saturated carbocycles. The van der Waals surface area contributed by atoms with E-state index in [0.29, 0.717) is 0 Å². The van der Waals surface area contributed by atoms with Crippen molar-refractivity contribution >= 4 is 23.4 Å². The normalized spacial score (nSPS) is 13.0. The zero-order valence-corrected chi connectivity index (χ0v) is 9.21. The van der Waals surface area contributed by atoms with Crippen molar-refractivity contribution in [2.45, 2.75) is 26.4 Å². The molecule has 14 heavy (non-hydrogen) atoms. The molecule has 0 spiro atoms. The van der Waals surface area contributed by atoms with Crippen molar-refractivity contribution in [2.24, 2.45) is 0 Å². The van der Waals surface area contributed by atoms with E-state index >= 15 is 0 Å². The highest BCUT2D eigenvalue weighted by Crippen LogP contribution is 2.10. The van der Waals surface area contributed by atoms with E-state index in [4.69, 9.17) is 4.74 Å². The van der Waals surface area contributed by atoms with Crippen LogP contribution in [0.25, 0.3) is 6.08 Å². The average molecular weight is 210 g/mol. The molecule has 0 aliphatic carbocycles. The van der Waals surface area contributed by atoms with Crippen LogP contribution in [0.5, 0.6) is 0 Å². The van der Waals surface area contributed by atoms with Gasteiger partial charge in [0, 0.05) is 11.0 Å². The summed E-state index contributed by atoms with van der Waals surface area (Å²) in [5, 5.41) is 1.97. The first-order chi connectivity index (χ1) is 6.72. The fourth-order valence-electron chi connectivity index (χ4n) is 0.857. The van der Waals surface area contributed by atoms with Crippen molar-refractivity contribution in [1.29, 1.82) is 0 Å². The third-order valence-electron chi connectivity index (χ3n) is 1.82. The Morgan fingerprint density at radius 2 is 2.50 bits per heavy atom. The number of carbonyl (C=O) groups excluding carboxylic acids is 1. The van der Waals surface area contributed by atoms with Crippen molar-refractivity contribution in [2.75, 3.05) is 0 Å². The molecule has 2 nitrogen and oxygen atoms in total. The maximum absolute atomic E-state index is 11.2. The SMILES string of the molecule is CCC(C)OC(=O)C=Cc1cccs1. The molecule has 0 amide bonds. The van der Waals surface area contributed by atoms with Gasteiger partial charge in [0.15, 0.2) is 0 Å². The number of rotatable bonds is 4. The summed E-state index contributed by atoms with van der Waals surface area (Å²) in [5.41, 5.74) is 0. The van der Waals surface area contributed by atoms with Crippen molar-refractivity contribution in [3.05, 3.63) is 28.5 Å². The van der Waals surface area contributed by atoms with Gasteiger partial charge in [-0.2, -0.15) is 0 Å². The summed E-state index contributed by atoms with van der Waals surface area (Å²) in [7, 11) is 0. The van der Waals surface area contributed by atoms with E-state index in [1.807, 2.05) is 31.4 Å². The number of ether oxygens (including phenoxy) is 1. The Morgan fingerprint density at radius 3 is 3.07 bits per heavy atom. The number of thiophene rings is 1. The van der Waals surface area contributed by atoms with Gasteiger partial charge >= 0.3 is 5.97 Å². The molecule has 76 valence electrons. The Balaban J connectivity index is 2.41. The maximum atomic E-state index is 11.2. The highest BCUT2D eigenvalue weighted by molar-refractivity contribution is 7.10. The molecule has 1 aromatic heterocycles. The minimum Gasteiger partial charge on any atom is -0.460 e. The lowest BCUT2D eigenvalue weighted by molar-refractivity contribution is -0.142. The standard InChI is InChI=1S/C11H14O2S/c1-3-9(2)13-11(12)7-6-10-5-4-8-14-10/h4-9H,3H2,1-2H3. The van der Waals surface area contributed by atoms with E-state index in [2.05, 4.69) is 0 Å². The van der Waals surface area contributed by atoms with Gasteiger partial charge in [-0.1, -0.05) is 13.0 Å². The van der Waals surface area contributed by atoms with Crippen molar-refractivity contribution in [1.82, 2.24) is 0 Å². The first-order valence-corrected chi connectivity index (χ1v) is 5.52. The van der Waals surface area contributed by atoms with Gasteiger partial charge in [0.1, 0.15) is 0 Å². The third-order valence-corrected chi connectivity index (χ3v) is 2.66. The number of esters is 1. The lowest BCUT2D eigenvalue weighted by Gasteiger charge is -2.07. The summed E-state index contributed by atoms with van der Waals surface area (Å²) in [6, 6.07) is 3.90. The van der Waals surface area contributed by atoms with Crippen LogP contribution in [0.4, 0.5) is 0 Å². The van der Waals surface area contributed by atoms with Crippen LogP contribution in [0.2, 0.25) is 0 Å². The predicted molar refractivity (Wildman–Crippen MR) is 59.2 cm³/mol. The summed E-state index contributed by atoms with van der Waals surface area (Å²) in [5.74, 6) is -0.271. The van der Waals surface area contributed by atoms with Gasteiger partial charge in [0.25, 0.3) is 0 Å². The van der Waals surface area contributed by atoms with Gasteiger partial charge in [-0.25, -0.2) is 4.79 Å². The van der Waals surface area contributed by atoms with Crippen LogP contribution < -0.4 is 0 Å². The number of carbonyl (C=O) groups is 1. The summed E-state index contributed by atoms with van der Waals surface area (Å²) >= 11 is 1.59. The minimum absolute atomic E-state index is 0.00418. The molecule has 0 N–H and O–H groups in total. The first kappa shape index (κ1) is 11.0. The fourth-order valence-corrected chi connectivity index (χ4v) is 1.48. The molecule has 1 atom stereocenters. The highest BCUT2D eigenvalue weighted by atomic mass is 32.1. The van der Waals surface area contributed by atoms with Gasteiger partial charge in [-0.05, 0) is 30.9 Å². The Labute approximate surface area is 88.2 Å². The Bertz CT molecular complexity index is 301. The lowest BCUT2D eigenvalue weighted by Crippen LogP contribution is -2.11. The average Bonchev–Trinajstić information content (AvgIpc) is 2.67. The molecule has 0 aliphatic heterocycles. The molecule has 0 saturated heterocycles. The molecule has 0 fully saturated rings. The Morgan fingerprint density at radius 1 is 1.71 bits per heavy atom. The van der Waals surface area contributed by atoms with Crippen molar-refractivity contribution in [3.63, 3.8) is 0 Å². The van der Waals surface area contributed by atoms with Gasteiger partial charge < -0.3 is 4.74 Å². The van der Waals surface area contributed by atoms with E-state index in [1.54, 1.807) is 17.4 Å². The molecule has 1 aromatic rings. The topological polar surface area (TPSA) is 26.3 Å². The van der Waals surface area contributed by atoms with Crippen LogP contribution >= 0.6 is 11.3 Å². The maximum Gasteiger partial charge on any atom is 0.331 e. The van der Waals surface area contributed by atoms with E-state index in [-0.39, 0.29) is 12.1 Å². The van der Waals surface area contributed by atoms with E-state index in [1.165, 1.54) is 6.08 Å². The van der Waals surface area contributed by atoms with Crippen molar-refractivity contribution in [3.8, 4) is 0 Å². The molecule has 1 unspecified atom stereocenters. The molecule has 0 radical (unpaired) electrons. The molecular weight excluding hydrogens is 196 g/mol. The number of hydrogen-bond acceptors (Lipinski definition) is 3. The summed E-state index contributed by atoms with van der Waals surface area (Å²) in [4.78, 5) is 12.3. The summed E-state index contributed by atoms with van der Waals surface area (Å²) < 4.78 is 5.08. The zero-order valence-electron chi connectivity index (χ0n) is 8.40. The quantitative estimate of drug-likeness (QED) is 0.564. The second kappa shape index (κ2) is 5.60. The smallest absolute Gasteiger partial charge is 0.331 e. The van der Waals surface area contributed by atoms with E-state index in [0.717, 1.165) is 11.3 Å². The van der Waals surface area contributed by atoms with E-state index in [9.17, 15) is 4.79 Å². The predicted octanol–water partition coefficient (Wildman–Crippen LogP) is 3.10. The molecule has 0 aromatic carbocycles. The highest BCUT2D eigenvalue weighted by Gasteiger charge is 2.02. The molecule has 0 bridgehead atoms. The Kier molecular flexibility index (Phi) is 4.40. The van der Waals surface area contributed by atoms with Crippen LogP contribution in [0.1, 0.15) is 25.1 Å². The van der Waals surface area contributed by atoms with E-state index < -0.39 is 0 Å². The van der Waals surface area contributed by atoms with Crippen LogP contribution in [0.15, 0.2) is 23.6 Å². The van der Waals surface area contributed by atoms with Crippen LogP contribution in [-0.4, -0.2) is 12.1 Å². The molecule has 1 rings (SSSR count). The molecule has 3 heteroatoms. The minimum atomic E-state index is -0.271. The molecule has 0 aliphatic rings. The zero-order chi connectivity index (χ0) is 10.4. The lowest BCUT2D eigenvalue weighted by atomic mass is 10.3. The number of hydrogen-bond donors (Lipinski definition) is 0. The third kappa shape index (κ3) is 3.75. The van der Waals surface area contributed by atoms with Crippen LogP contribution in [-0.2, 0) is 9.53 Å². The van der Waals surface area contributed by atoms with Gasteiger partial charge in [0.2, 0.25) is 0 Å². The fraction of sp³-hybridized carbons (Fsp3) is 0.364. The first-order valence-electron chi connectivity index (χ1n) is 4.64. The summed E-state index contributed by atoms with van der Waals surface area (Å²) in [6.07, 6.45) is 4.09. The van der Waals surface area contributed by atoms with Gasteiger partial charge in [0.05, 0.1) is 6.10 Å². The van der Waals surface area contributed by atoms with Gasteiger partial charge in [-0.3, -0.25) is 0 Å². The van der Waals surface area contributed by atoms with Crippen LogP contribution in [0.3, 0.4) is 0 Å². The monoisotopic (exact) mass is 210 g/mol. The van der Waals surface area contributed by atoms with Crippen molar-refractivity contribution < 1.29 is 9.53 Å². The second-order valence-electron chi connectivity index (χ2n) is 3.00. The molecular formula is C11H14O2S. The molecule has 1 heterocycles. The van der Waals surface area contributed by atoms with Crippen LogP contribution in [0, 0.1) is 0 Å². The van der Waals surface area contributed by atoms with Gasteiger partial charge in [-0.15, -0.1) is 11.3 Å². The second-order valence-corrected chi connectivity index (χ2v) is 3.98. The largest absolute Gasteiger partial charge is 0.460 e. The summed E-state index contributed by atoms with van der Waals surface area (Å²) in [6.45, 7) is 3.87.